The zero-order valence-electron chi connectivity index (χ0n) is 18.0. The maximum absolute atomic E-state index is 12.6. The van der Waals surface area contributed by atoms with E-state index in [0.29, 0.717) is 5.39 Å². The Morgan fingerprint density at radius 3 is 2.78 bits per heavy atom. The lowest BCUT2D eigenvalue weighted by Crippen LogP contribution is -2.39. The quantitative estimate of drug-likeness (QED) is 0.480. The average Bonchev–Trinajstić information content (AvgIpc) is 3.30. The molecule has 2 saturated heterocycles. The molecule has 0 aliphatic carbocycles. The Morgan fingerprint density at radius 2 is 1.94 bits per heavy atom. The van der Waals surface area contributed by atoms with Crippen LogP contribution < -0.4 is 10.5 Å². The highest BCUT2D eigenvalue weighted by atomic mass is 32.1. The molecule has 0 saturated carbocycles. The first kappa shape index (κ1) is 20.1. The normalized spacial score (nSPS) is 18.8. The highest BCUT2D eigenvalue weighted by Crippen LogP contribution is 2.39. The highest BCUT2D eigenvalue weighted by Gasteiger charge is 2.24. The van der Waals surface area contributed by atoms with Crippen LogP contribution in [-0.4, -0.2) is 65.8 Å². The summed E-state index contributed by atoms with van der Waals surface area (Å²) in [6, 6.07) is 3.97. The van der Waals surface area contributed by atoms with Gasteiger partial charge in [-0.25, -0.2) is 4.98 Å². The Balaban J connectivity index is 1.26. The molecule has 2 aliphatic heterocycles. The number of thiazole rings is 1. The van der Waals surface area contributed by atoms with E-state index in [-0.39, 0.29) is 5.56 Å². The minimum Gasteiger partial charge on any atom is -0.379 e. The van der Waals surface area contributed by atoms with E-state index in [0.717, 1.165) is 76.8 Å². The van der Waals surface area contributed by atoms with E-state index in [9.17, 15) is 4.79 Å². The highest BCUT2D eigenvalue weighted by molar-refractivity contribution is 7.23. The van der Waals surface area contributed by atoms with Crippen LogP contribution in [0.2, 0.25) is 0 Å². The van der Waals surface area contributed by atoms with Gasteiger partial charge in [0.25, 0.3) is 5.56 Å². The van der Waals surface area contributed by atoms with Gasteiger partial charge in [0.2, 0.25) is 0 Å². The number of H-pyrrole nitrogens is 1. The van der Waals surface area contributed by atoms with Crippen LogP contribution in [0.25, 0.3) is 31.8 Å². The summed E-state index contributed by atoms with van der Waals surface area (Å²) in [7, 11) is 0. The van der Waals surface area contributed by atoms with Crippen molar-refractivity contribution in [2.75, 3.05) is 50.8 Å². The number of piperidine rings is 1. The van der Waals surface area contributed by atoms with Crippen molar-refractivity contribution in [2.24, 2.45) is 5.92 Å². The van der Waals surface area contributed by atoms with Crippen molar-refractivity contribution in [2.45, 2.75) is 19.3 Å². The number of anilines is 1. The number of morpholine rings is 1. The molecule has 166 valence electrons. The monoisotopic (exact) mass is 449 g/mol. The van der Waals surface area contributed by atoms with Crippen molar-refractivity contribution in [3.05, 3.63) is 41.1 Å². The van der Waals surface area contributed by atoms with Crippen LogP contribution in [0.4, 0.5) is 5.13 Å². The zero-order chi connectivity index (χ0) is 21.5. The van der Waals surface area contributed by atoms with Crippen molar-refractivity contribution < 1.29 is 4.74 Å². The fourth-order valence-corrected chi connectivity index (χ4v) is 6.31. The predicted molar refractivity (Wildman–Crippen MR) is 130 cm³/mol. The van der Waals surface area contributed by atoms with Gasteiger partial charge < -0.3 is 14.6 Å². The molecular weight excluding hydrogens is 422 g/mol. The molecule has 32 heavy (non-hydrogen) atoms. The van der Waals surface area contributed by atoms with Gasteiger partial charge in [0.15, 0.2) is 5.13 Å². The number of nitrogens with zero attached hydrogens (tertiary/aromatic N) is 4. The molecule has 1 N–H and O–H groups in total. The van der Waals surface area contributed by atoms with Crippen molar-refractivity contribution in [3.63, 3.8) is 0 Å². The summed E-state index contributed by atoms with van der Waals surface area (Å²) in [5, 5.41) is 4.61. The minimum atomic E-state index is -0.0709. The summed E-state index contributed by atoms with van der Waals surface area (Å²) < 4.78 is 6.55. The van der Waals surface area contributed by atoms with E-state index >= 15 is 0 Å². The smallest absolute Gasteiger partial charge is 0.256 e. The predicted octanol–water partition coefficient (Wildman–Crippen LogP) is 3.62. The number of rotatable bonds is 4. The van der Waals surface area contributed by atoms with E-state index in [1.165, 1.54) is 25.8 Å². The van der Waals surface area contributed by atoms with Gasteiger partial charge in [-0.1, -0.05) is 11.3 Å². The fourth-order valence-electron chi connectivity index (χ4n) is 5.15. The number of hydrogen-bond acceptors (Lipinski definition) is 7. The van der Waals surface area contributed by atoms with Crippen molar-refractivity contribution >= 4 is 48.2 Å². The Hall–Kier alpha value is -2.55. The largest absolute Gasteiger partial charge is 0.379 e. The molecule has 8 heteroatoms. The maximum atomic E-state index is 12.6. The summed E-state index contributed by atoms with van der Waals surface area (Å²) in [6.07, 6.45) is 9.00. The average molecular weight is 450 g/mol. The summed E-state index contributed by atoms with van der Waals surface area (Å²) in [4.78, 5) is 29.8. The number of aromatic amines is 1. The summed E-state index contributed by atoms with van der Waals surface area (Å²) in [5.74, 6) is 0.787. The van der Waals surface area contributed by atoms with Crippen LogP contribution in [0.5, 0.6) is 0 Å². The number of hydrogen-bond donors (Lipinski definition) is 1. The third kappa shape index (κ3) is 3.56. The number of aromatic nitrogens is 3. The Labute approximate surface area is 190 Å². The van der Waals surface area contributed by atoms with Gasteiger partial charge in [-0.15, -0.1) is 0 Å². The molecule has 0 unspecified atom stereocenters. The summed E-state index contributed by atoms with van der Waals surface area (Å²) >= 11 is 1.71. The number of pyridine rings is 2. The zero-order valence-corrected chi connectivity index (χ0v) is 18.9. The van der Waals surface area contributed by atoms with Crippen molar-refractivity contribution in [1.29, 1.82) is 0 Å². The lowest BCUT2D eigenvalue weighted by molar-refractivity contribution is 0.0349. The van der Waals surface area contributed by atoms with Crippen molar-refractivity contribution in [1.82, 2.24) is 19.9 Å². The van der Waals surface area contributed by atoms with Gasteiger partial charge in [-0.3, -0.25) is 14.7 Å². The molecule has 0 bridgehead atoms. The molecule has 0 radical (unpaired) electrons. The topological polar surface area (TPSA) is 74.4 Å². The minimum absolute atomic E-state index is 0.0709. The lowest BCUT2D eigenvalue weighted by Gasteiger charge is -2.33. The molecule has 2 fully saturated rings. The molecule has 2 aliphatic rings. The molecule has 0 atom stereocenters. The van der Waals surface area contributed by atoms with Crippen LogP contribution in [0.3, 0.4) is 0 Å². The Kier molecular flexibility index (Phi) is 5.29. The Bertz CT molecular complexity index is 1320. The standard InChI is InChI=1S/C24H27N5O2S/c30-23-20-18(2-7-26-23)22-21(17-1-6-25-15-19(17)20)27-24(32-22)29-9-4-16(5-10-29)3-8-28-11-13-31-14-12-28/h1-2,6-7,15-16H,3-5,8-14H2,(H,26,30). The SMILES string of the molecule is O=c1[nH]ccc2c3sc(N4CCC(CCN5CCOCC5)CC4)nc3c3ccncc3c12. The van der Waals surface area contributed by atoms with E-state index < -0.39 is 0 Å². The molecule has 0 spiro atoms. The first-order valence-corrected chi connectivity index (χ1v) is 12.3. The third-order valence-electron chi connectivity index (χ3n) is 7.01. The van der Waals surface area contributed by atoms with Crippen LogP contribution in [0, 0.1) is 5.92 Å². The van der Waals surface area contributed by atoms with E-state index in [1.807, 2.05) is 12.1 Å². The molecular formula is C24H27N5O2S. The first-order valence-electron chi connectivity index (χ1n) is 11.5. The van der Waals surface area contributed by atoms with Crippen LogP contribution in [0.15, 0.2) is 35.5 Å². The van der Waals surface area contributed by atoms with Gasteiger partial charge in [0.1, 0.15) is 0 Å². The molecule has 4 aromatic rings. The second-order valence-corrected chi connectivity index (χ2v) is 9.84. The number of nitrogens with one attached hydrogen (secondary N) is 1. The maximum Gasteiger partial charge on any atom is 0.256 e. The van der Waals surface area contributed by atoms with Crippen LogP contribution in [0.1, 0.15) is 19.3 Å². The molecule has 7 nitrogen and oxygen atoms in total. The van der Waals surface area contributed by atoms with Crippen LogP contribution >= 0.6 is 11.3 Å². The molecule has 3 aromatic heterocycles. The van der Waals surface area contributed by atoms with E-state index in [1.54, 1.807) is 29.9 Å². The second kappa shape index (κ2) is 8.42. The molecule has 5 heterocycles. The number of benzene rings is 1. The van der Waals surface area contributed by atoms with Gasteiger partial charge in [-0.2, -0.15) is 0 Å². The van der Waals surface area contributed by atoms with Gasteiger partial charge >= 0.3 is 0 Å². The van der Waals surface area contributed by atoms with Crippen molar-refractivity contribution in [3.8, 4) is 0 Å². The third-order valence-corrected chi connectivity index (χ3v) is 8.16. The number of fused-ring (bicyclic) bond motifs is 6. The summed E-state index contributed by atoms with van der Waals surface area (Å²) in [5.41, 5.74) is 0.911. The molecule has 6 rings (SSSR count). The van der Waals surface area contributed by atoms with Crippen LogP contribution in [-0.2, 0) is 4.74 Å². The fraction of sp³-hybridized carbons (Fsp3) is 0.458. The Morgan fingerprint density at radius 1 is 1.09 bits per heavy atom. The van der Waals surface area contributed by atoms with Gasteiger partial charge in [0, 0.05) is 60.9 Å². The molecule has 1 aromatic carbocycles. The first-order chi connectivity index (χ1) is 15.8. The second-order valence-electron chi connectivity index (χ2n) is 8.86. The van der Waals surface area contributed by atoms with Gasteiger partial charge in [-0.05, 0) is 43.9 Å². The molecule has 0 amide bonds. The summed E-state index contributed by atoms with van der Waals surface area (Å²) in [6.45, 7) is 7.19. The number of ether oxygens (including phenoxy) is 1. The van der Waals surface area contributed by atoms with E-state index in [4.69, 9.17) is 9.72 Å². The van der Waals surface area contributed by atoms with Gasteiger partial charge in [0.05, 0.1) is 28.8 Å². The lowest BCUT2D eigenvalue weighted by atomic mass is 9.93. The van der Waals surface area contributed by atoms with E-state index in [2.05, 4.69) is 19.8 Å².